The number of nitro benzene ring substituents is 1. The van der Waals surface area contributed by atoms with E-state index in [4.69, 9.17) is 4.74 Å². The van der Waals surface area contributed by atoms with Crippen LogP contribution < -0.4 is 20.7 Å². The second-order valence-corrected chi connectivity index (χ2v) is 3.99. The van der Waals surface area contributed by atoms with Gasteiger partial charge in [0.1, 0.15) is 5.69 Å². The molecule has 9 nitrogen and oxygen atoms in total. The van der Waals surface area contributed by atoms with Gasteiger partial charge in [0, 0.05) is 7.05 Å². The number of fused-ring (bicyclic) bond motifs is 1. The van der Waals surface area contributed by atoms with E-state index in [-0.39, 0.29) is 42.1 Å². The average Bonchev–Trinajstić information content (AvgIpc) is 2.43. The highest BCUT2D eigenvalue weighted by Gasteiger charge is 2.23. The first-order valence-electron chi connectivity index (χ1n) is 5.71. The zero-order valence-corrected chi connectivity index (χ0v) is 10.6. The number of hydrogen-bond donors (Lipinski definition) is 3. The summed E-state index contributed by atoms with van der Waals surface area (Å²) in [6, 6.07) is 2.58. The predicted octanol–water partition coefficient (Wildman–Crippen LogP) is 0.0836. The van der Waals surface area contributed by atoms with Gasteiger partial charge in [-0.05, 0) is 6.07 Å². The van der Waals surface area contributed by atoms with Crippen LogP contribution in [-0.4, -0.2) is 36.9 Å². The molecule has 0 bridgehead atoms. The van der Waals surface area contributed by atoms with E-state index >= 15 is 0 Å². The molecular weight excluding hydrogens is 268 g/mol. The lowest BCUT2D eigenvalue weighted by molar-refractivity contribution is -0.384. The van der Waals surface area contributed by atoms with Crippen molar-refractivity contribution in [3.63, 3.8) is 0 Å². The minimum atomic E-state index is -0.591. The van der Waals surface area contributed by atoms with Crippen molar-refractivity contribution in [2.45, 2.75) is 0 Å². The van der Waals surface area contributed by atoms with E-state index in [1.165, 1.54) is 19.2 Å². The van der Waals surface area contributed by atoms with Gasteiger partial charge in [0.25, 0.3) is 11.6 Å². The van der Waals surface area contributed by atoms with Crippen molar-refractivity contribution in [2.24, 2.45) is 0 Å². The molecule has 0 spiro atoms. The van der Waals surface area contributed by atoms with Gasteiger partial charge in [-0.2, -0.15) is 0 Å². The number of amides is 2. The quantitative estimate of drug-likeness (QED) is 0.530. The largest absolute Gasteiger partial charge is 0.481 e. The fraction of sp³-hybridized carbons (Fsp3) is 0.273. The summed E-state index contributed by atoms with van der Waals surface area (Å²) in [6.07, 6.45) is 0. The van der Waals surface area contributed by atoms with Gasteiger partial charge in [0.05, 0.1) is 23.2 Å². The molecule has 0 radical (unpaired) electrons. The number of anilines is 2. The topological polar surface area (TPSA) is 123 Å². The smallest absolute Gasteiger partial charge is 0.296 e. The minimum Gasteiger partial charge on any atom is -0.481 e. The van der Waals surface area contributed by atoms with Gasteiger partial charge in [-0.15, -0.1) is 0 Å². The van der Waals surface area contributed by atoms with Crippen molar-refractivity contribution in [1.29, 1.82) is 0 Å². The van der Waals surface area contributed by atoms with Crippen molar-refractivity contribution in [2.75, 3.05) is 30.8 Å². The third kappa shape index (κ3) is 2.76. The number of nitrogens with one attached hydrogen (secondary N) is 3. The third-order valence-electron chi connectivity index (χ3n) is 2.65. The molecule has 0 unspecified atom stereocenters. The molecule has 0 atom stereocenters. The monoisotopic (exact) mass is 280 g/mol. The van der Waals surface area contributed by atoms with Gasteiger partial charge in [-0.1, -0.05) is 0 Å². The summed E-state index contributed by atoms with van der Waals surface area (Å²) in [5.41, 5.74) is 0.221. The van der Waals surface area contributed by atoms with Gasteiger partial charge >= 0.3 is 0 Å². The summed E-state index contributed by atoms with van der Waals surface area (Å²) >= 11 is 0. The van der Waals surface area contributed by atoms with Crippen LogP contribution in [0.3, 0.4) is 0 Å². The molecule has 1 aromatic rings. The van der Waals surface area contributed by atoms with Crippen LogP contribution in [-0.2, 0) is 9.59 Å². The van der Waals surface area contributed by atoms with E-state index in [0.717, 1.165) is 0 Å². The maximum absolute atomic E-state index is 11.2. The highest BCUT2D eigenvalue weighted by atomic mass is 16.6. The Morgan fingerprint density at radius 3 is 2.95 bits per heavy atom. The van der Waals surface area contributed by atoms with Gasteiger partial charge in [0.15, 0.2) is 12.4 Å². The van der Waals surface area contributed by atoms with Gasteiger partial charge in [0.2, 0.25) is 5.91 Å². The highest BCUT2D eigenvalue weighted by Crippen LogP contribution is 2.37. The van der Waals surface area contributed by atoms with Crippen LogP contribution in [0.4, 0.5) is 17.1 Å². The Morgan fingerprint density at radius 2 is 2.30 bits per heavy atom. The molecule has 1 aliphatic heterocycles. The molecule has 2 rings (SSSR count). The van der Waals surface area contributed by atoms with Crippen molar-refractivity contribution in [3.05, 3.63) is 22.2 Å². The van der Waals surface area contributed by atoms with Gasteiger partial charge in [-0.3, -0.25) is 19.7 Å². The summed E-state index contributed by atoms with van der Waals surface area (Å²) in [7, 11) is 1.46. The summed E-state index contributed by atoms with van der Waals surface area (Å²) in [4.78, 5) is 32.8. The molecule has 0 aromatic heterocycles. The summed E-state index contributed by atoms with van der Waals surface area (Å²) in [6.45, 7) is -0.305. The molecular formula is C11H12N4O5. The van der Waals surface area contributed by atoms with Crippen LogP contribution >= 0.6 is 0 Å². The maximum atomic E-state index is 11.2. The minimum absolute atomic E-state index is 0.120. The standard InChI is InChI=1S/C11H12N4O5/c1-12-10(16)4-13-6-2-7-9(3-8(6)15(18)19)20-5-11(17)14-7/h2-3,13H,4-5H2,1H3,(H,12,16)(H,14,17). The van der Waals surface area contributed by atoms with E-state index < -0.39 is 4.92 Å². The van der Waals surface area contributed by atoms with E-state index in [1.54, 1.807) is 0 Å². The van der Waals surface area contributed by atoms with E-state index in [9.17, 15) is 19.7 Å². The summed E-state index contributed by atoms with van der Waals surface area (Å²) in [5, 5.41) is 18.6. The maximum Gasteiger partial charge on any atom is 0.296 e. The van der Waals surface area contributed by atoms with Crippen molar-refractivity contribution in [1.82, 2.24) is 5.32 Å². The second kappa shape index (κ2) is 5.43. The van der Waals surface area contributed by atoms with Crippen LogP contribution in [0.5, 0.6) is 5.75 Å². The fourth-order valence-corrected chi connectivity index (χ4v) is 1.67. The van der Waals surface area contributed by atoms with E-state index in [1.807, 2.05) is 0 Å². The average molecular weight is 280 g/mol. The molecule has 0 saturated carbocycles. The Bertz CT molecular complexity index is 586. The van der Waals surface area contributed by atoms with E-state index in [0.29, 0.717) is 5.69 Å². The first-order chi connectivity index (χ1) is 9.51. The van der Waals surface area contributed by atoms with E-state index in [2.05, 4.69) is 16.0 Å². The van der Waals surface area contributed by atoms with Crippen LogP contribution in [0.1, 0.15) is 0 Å². The lowest BCUT2D eigenvalue weighted by atomic mass is 10.2. The predicted molar refractivity (Wildman–Crippen MR) is 69.8 cm³/mol. The molecule has 9 heteroatoms. The number of rotatable bonds is 4. The molecule has 0 fully saturated rings. The molecule has 106 valence electrons. The van der Waals surface area contributed by atoms with Crippen LogP contribution in [0.15, 0.2) is 12.1 Å². The van der Waals surface area contributed by atoms with Crippen molar-refractivity contribution in [3.8, 4) is 5.75 Å². The van der Waals surface area contributed by atoms with Gasteiger partial charge < -0.3 is 20.7 Å². The number of nitrogens with zero attached hydrogens (tertiary/aromatic N) is 1. The first kappa shape index (κ1) is 13.6. The lowest BCUT2D eigenvalue weighted by Crippen LogP contribution is -2.27. The van der Waals surface area contributed by atoms with Crippen molar-refractivity contribution < 1.29 is 19.2 Å². The Morgan fingerprint density at radius 1 is 1.55 bits per heavy atom. The van der Waals surface area contributed by atoms with Crippen LogP contribution in [0, 0.1) is 10.1 Å². The number of likely N-dealkylation sites (N-methyl/N-ethyl adjacent to an activating group) is 1. The number of hydrogen-bond acceptors (Lipinski definition) is 6. The Labute approximate surface area is 113 Å². The zero-order valence-electron chi connectivity index (χ0n) is 10.6. The number of carbonyl (C=O) groups excluding carboxylic acids is 2. The molecule has 20 heavy (non-hydrogen) atoms. The SMILES string of the molecule is CNC(=O)CNc1cc2c(cc1[N+](=O)[O-])OCC(=O)N2. The number of benzene rings is 1. The molecule has 2 amide bonds. The molecule has 1 heterocycles. The Hall–Kier alpha value is -2.84. The van der Waals surface area contributed by atoms with Crippen LogP contribution in [0.25, 0.3) is 0 Å². The van der Waals surface area contributed by atoms with Crippen molar-refractivity contribution >= 4 is 28.9 Å². The first-order valence-corrected chi connectivity index (χ1v) is 5.71. The molecule has 0 saturated heterocycles. The van der Waals surface area contributed by atoms with Crippen LogP contribution in [0.2, 0.25) is 0 Å². The Kier molecular flexibility index (Phi) is 3.69. The fourth-order valence-electron chi connectivity index (χ4n) is 1.67. The molecule has 1 aliphatic rings. The highest BCUT2D eigenvalue weighted by molar-refractivity contribution is 5.97. The Balaban J connectivity index is 2.33. The number of carbonyl (C=O) groups is 2. The van der Waals surface area contributed by atoms with Gasteiger partial charge in [-0.25, -0.2) is 0 Å². The summed E-state index contributed by atoms with van der Waals surface area (Å²) in [5.74, 6) is -0.442. The molecule has 3 N–H and O–H groups in total. The molecule has 0 aliphatic carbocycles. The number of nitro groups is 1. The normalized spacial score (nSPS) is 12.8. The number of ether oxygens (including phenoxy) is 1. The summed E-state index contributed by atoms with van der Waals surface area (Å²) < 4.78 is 5.10. The second-order valence-electron chi connectivity index (χ2n) is 3.99. The lowest BCUT2D eigenvalue weighted by Gasteiger charge is -2.19. The third-order valence-corrected chi connectivity index (χ3v) is 2.65. The molecule has 1 aromatic carbocycles. The zero-order chi connectivity index (χ0) is 14.7.